The van der Waals surface area contributed by atoms with Gasteiger partial charge in [0.25, 0.3) is 0 Å². The fraction of sp³-hybridized carbons (Fsp3) is 0.0769. The molecule has 7 heteroatoms. The molecule has 0 bridgehead atoms. The fourth-order valence-electron chi connectivity index (χ4n) is 1.72. The van der Waals surface area contributed by atoms with Gasteiger partial charge in [0.2, 0.25) is 10.0 Å². The molecule has 0 saturated heterocycles. The lowest BCUT2D eigenvalue weighted by Crippen LogP contribution is -2.15. The quantitative estimate of drug-likeness (QED) is 0.909. The molecule has 0 aliphatic heterocycles. The van der Waals surface area contributed by atoms with Gasteiger partial charge in [0.1, 0.15) is 16.5 Å². The number of nitrogens with one attached hydrogen (secondary N) is 1. The highest BCUT2D eigenvalue weighted by atomic mass is 32.2. The van der Waals surface area contributed by atoms with Crippen molar-refractivity contribution < 1.29 is 17.2 Å². The lowest BCUT2D eigenvalue weighted by atomic mass is 10.2. The Labute approximate surface area is 115 Å². The molecule has 0 heterocycles. The number of para-hydroxylation sites is 1. The zero-order valence-electron chi connectivity index (χ0n) is 10.3. The number of rotatable bonds is 4. The standard InChI is InChI=1S/C13H12F2N2O2S/c14-10-6-5-9(11(15)7-10)8-17-12-3-1-2-4-13(12)20(16,18)19/h1-7,17H,8H2,(H2,16,18,19). The van der Waals surface area contributed by atoms with E-state index in [0.29, 0.717) is 0 Å². The number of benzene rings is 2. The number of hydrogen-bond donors (Lipinski definition) is 2. The Kier molecular flexibility index (Phi) is 4.01. The Morgan fingerprint density at radius 1 is 1.10 bits per heavy atom. The monoisotopic (exact) mass is 298 g/mol. The van der Waals surface area contributed by atoms with Gasteiger partial charge in [-0.05, 0) is 18.2 Å². The maximum atomic E-state index is 13.5. The van der Waals surface area contributed by atoms with Crippen molar-refractivity contribution in [2.45, 2.75) is 11.4 Å². The highest BCUT2D eigenvalue weighted by molar-refractivity contribution is 7.89. The molecule has 106 valence electrons. The second-order valence-electron chi connectivity index (χ2n) is 4.13. The molecule has 0 saturated carbocycles. The van der Waals surface area contributed by atoms with E-state index in [1.54, 1.807) is 6.07 Å². The van der Waals surface area contributed by atoms with Crippen LogP contribution in [0.4, 0.5) is 14.5 Å². The van der Waals surface area contributed by atoms with E-state index in [-0.39, 0.29) is 22.7 Å². The predicted molar refractivity (Wildman–Crippen MR) is 71.5 cm³/mol. The molecule has 0 amide bonds. The summed E-state index contributed by atoms with van der Waals surface area (Å²) in [4.78, 5) is -0.0810. The molecule has 0 atom stereocenters. The minimum Gasteiger partial charge on any atom is -0.380 e. The van der Waals surface area contributed by atoms with Crippen molar-refractivity contribution in [1.82, 2.24) is 0 Å². The smallest absolute Gasteiger partial charge is 0.240 e. The maximum Gasteiger partial charge on any atom is 0.240 e. The first-order chi connectivity index (χ1) is 9.38. The summed E-state index contributed by atoms with van der Waals surface area (Å²) in [5, 5.41) is 7.86. The van der Waals surface area contributed by atoms with Crippen molar-refractivity contribution in [2.24, 2.45) is 5.14 Å². The van der Waals surface area contributed by atoms with E-state index in [0.717, 1.165) is 12.1 Å². The third kappa shape index (κ3) is 3.31. The lowest BCUT2D eigenvalue weighted by molar-refractivity contribution is 0.574. The van der Waals surface area contributed by atoms with Crippen LogP contribution in [-0.2, 0) is 16.6 Å². The van der Waals surface area contributed by atoms with Crippen molar-refractivity contribution in [3.63, 3.8) is 0 Å². The maximum absolute atomic E-state index is 13.5. The first-order valence-electron chi connectivity index (χ1n) is 5.67. The van der Waals surface area contributed by atoms with Crippen molar-refractivity contribution in [3.8, 4) is 0 Å². The highest BCUT2D eigenvalue weighted by Crippen LogP contribution is 2.20. The molecule has 2 aromatic carbocycles. The third-order valence-electron chi connectivity index (χ3n) is 2.68. The van der Waals surface area contributed by atoms with Gasteiger partial charge in [-0.3, -0.25) is 0 Å². The molecule has 0 aliphatic carbocycles. The summed E-state index contributed by atoms with van der Waals surface area (Å²) in [6.07, 6.45) is 0. The summed E-state index contributed by atoms with van der Waals surface area (Å²) < 4.78 is 49.0. The van der Waals surface area contributed by atoms with Crippen LogP contribution in [0.1, 0.15) is 5.56 Å². The second-order valence-corrected chi connectivity index (χ2v) is 5.66. The van der Waals surface area contributed by atoms with Crippen LogP contribution < -0.4 is 10.5 Å². The lowest BCUT2D eigenvalue weighted by Gasteiger charge is -2.11. The number of anilines is 1. The van der Waals surface area contributed by atoms with E-state index >= 15 is 0 Å². The Balaban J connectivity index is 2.24. The molecular weight excluding hydrogens is 286 g/mol. The summed E-state index contributed by atoms with van der Waals surface area (Å²) in [6.45, 7) is 0.0125. The first kappa shape index (κ1) is 14.4. The van der Waals surface area contributed by atoms with Crippen molar-refractivity contribution in [2.75, 3.05) is 5.32 Å². The Bertz CT molecular complexity index is 733. The molecule has 0 radical (unpaired) electrons. The molecule has 4 nitrogen and oxygen atoms in total. The van der Waals surface area contributed by atoms with Gasteiger partial charge in [-0.1, -0.05) is 18.2 Å². The molecule has 0 aromatic heterocycles. The number of hydrogen-bond acceptors (Lipinski definition) is 3. The molecular formula is C13H12F2N2O2S. The summed E-state index contributed by atoms with van der Waals surface area (Å²) in [6, 6.07) is 9.20. The van der Waals surface area contributed by atoms with Crippen LogP contribution in [-0.4, -0.2) is 8.42 Å². The molecule has 20 heavy (non-hydrogen) atoms. The molecule has 3 N–H and O–H groups in total. The Morgan fingerprint density at radius 2 is 1.80 bits per heavy atom. The number of halogens is 2. The van der Waals surface area contributed by atoms with Gasteiger partial charge in [-0.25, -0.2) is 22.3 Å². The number of sulfonamides is 1. The van der Waals surface area contributed by atoms with Crippen LogP contribution in [0.25, 0.3) is 0 Å². The van der Waals surface area contributed by atoms with Crippen LogP contribution in [0.5, 0.6) is 0 Å². The van der Waals surface area contributed by atoms with Crippen molar-refractivity contribution >= 4 is 15.7 Å². The largest absolute Gasteiger partial charge is 0.380 e. The minimum absolute atomic E-state index is 0.0125. The molecule has 2 rings (SSSR count). The van der Waals surface area contributed by atoms with E-state index in [1.165, 1.54) is 24.3 Å². The number of nitrogens with two attached hydrogens (primary N) is 1. The van der Waals surface area contributed by atoms with E-state index in [9.17, 15) is 17.2 Å². The van der Waals surface area contributed by atoms with Gasteiger partial charge in [0.05, 0.1) is 5.69 Å². The third-order valence-corrected chi connectivity index (χ3v) is 3.65. The average Bonchev–Trinajstić information content (AvgIpc) is 2.37. The normalized spacial score (nSPS) is 11.3. The SMILES string of the molecule is NS(=O)(=O)c1ccccc1NCc1ccc(F)cc1F. The van der Waals surface area contributed by atoms with Gasteiger partial charge in [0, 0.05) is 18.2 Å². The van der Waals surface area contributed by atoms with Crippen LogP contribution in [0.2, 0.25) is 0 Å². The van der Waals surface area contributed by atoms with Crippen molar-refractivity contribution in [3.05, 3.63) is 59.7 Å². The van der Waals surface area contributed by atoms with Gasteiger partial charge < -0.3 is 5.32 Å². The van der Waals surface area contributed by atoms with Gasteiger partial charge in [-0.2, -0.15) is 0 Å². The van der Waals surface area contributed by atoms with Crippen molar-refractivity contribution in [1.29, 1.82) is 0 Å². The molecule has 0 aliphatic rings. The van der Waals surface area contributed by atoms with E-state index in [1.807, 2.05) is 0 Å². The van der Waals surface area contributed by atoms with Gasteiger partial charge in [0.15, 0.2) is 0 Å². The minimum atomic E-state index is -3.87. The number of primary sulfonamides is 1. The van der Waals surface area contributed by atoms with Crippen LogP contribution in [0.3, 0.4) is 0 Å². The fourth-order valence-corrected chi connectivity index (χ4v) is 2.43. The summed E-state index contributed by atoms with van der Waals surface area (Å²) in [5.41, 5.74) is 0.481. The first-order valence-corrected chi connectivity index (χ1v) is 7.22. The second kappa shape index (κ2) is 5.56. The Hall–Kier alpha value is -1.99. The average molecular weight is 298 g/mol. The van der Waals surface area contributed by atoms with Gasteiger partial charge in [-0.15, -0.1) is 0 Å². The molecule has 0 unspecified atom stereocenters. The van der Waals surface area contributed by atoms with E-state index in [4.69, 9.17) is 5.14 Å². The van der Waals surface area contributed by atoms with Crippen LogP contribution in [0.15, 0.2) is 47.4 Å². The summed E-state index contributed by atoms with van der Waals surface area (Å²) in [5.74, 6) is -1.37. The molecule has 0 spiro atoms. The van der Waals surface area contributed by atoms with Crippen LogP contribution >= 0.6 is 0 Å². The summed E-state index contributed by atoms with van der Waals surface area (Å²) >= 11 is 0. The summed E-state index contributed by atoms with van der Waals surface area (Å²) in [7, 11) is -3.87. The molecule has 2 aromatic rings. The topological polar surface area (TPSA) is 72.2 Å². The predicted octanol–water partition coefficient (Wildman–Crippen LogP) is 2.22. The highest BCUT2D eigenvalue weighted by Gasteiger charge is 2.13. The van der Waals surface area contributed by atoms with Crippen LogP contribution in [0, 0.1) is 11.6 Å². The molecule has 0 fully saturated rings. The van der Waals surface area contributed by atoms with E-state index < -0.39 is 21.7 Å². The van der Waals surface area contributed by atoms with E-state index in [2.05, 4.69) is 5.32 Å². The zero-order valence-corrected chi connectivity index (χ0v) is 11.1. The Morgan fingerprint density at radius 3 is 2.45 bits per heavy atom. The zero-order chi connectivity index (χ0) is 14.8. The van der Waals surface area contributed by atoms with Gasteiger partial charge >= 0.3 is 0 Å².